The third-order valence-corrected chi connectivity index (χ3v) is 6.56. The second kappa shape index (κ2) is 9.14. The summed E-state index contributed by atoms with van der Waals surface area (Å²) in [6.45, 7) is 3.92. The normalized spacial score (nSPS) is 26.0. The molecule has 1 aliphatic heterocycles. The Morgan fingerprint density at radius 1 is 1.06 bits per heavy atom. The zero-order chi connectivity index (χ0) is 22.8. The van der Waals surface area contributed by atoms with Crippen LogP contribution in [0.2, 0.25) is 0 Å². The second-order valence-corrected chi connectivity index (χ2v) is 8.85. The van der Waals surface area contributed by atoms with Crippen molar-refractivity contribution < 1.29 is 14.4 Å². The average Bonchev–Trinajstić information content (AvgIpc) is 3.47. The lowest BCUT2D eigenvalue weighted by Crippen LogP contribution is -2.43. The quantitative estimate of drug-likeness (QED) is 0.290. The Kier molecular flexibility index (Phi) is 6.30. The summed E-state index contributed by atoms with van der Waals surface area (Å²) in [5, 5.41) is 6.41. The lowest BCUT2D eigenvalue weighted by atomic mass is 9.85. The van der Waals surface area contributed by atoms with Gasteiger partial charge in [-0.1, -0.05) is 24.3 Å². The van der Waals surface area contributed by atoms with Crippen LogP contribution in [0.15, 0.2) is 41.4 Å². The van der Waals surface area contributed by atoms with Crippen LogP contribution in [-0.2, 0) is 16.1 Å². The Labute approximate surface area is 188 Å². The van der Waals surface area contributed by atoms with Gasteiger partial charge in [0, 0.05) is 39.3 Å². The van der Waals surface area contributed by atoms with Crippen LogP contribution in [0.4, 0.5) is 0 Å². The average molecular weight is 438 g/mol. The third-order valence-electron chi connectivity index (χ3n) is 6.56. The fourth-order valence-corrected chi connectivity index (χ4v) is 4.99. The minimum atomic E-state index is -0.151. The summed E-state index contributed by atoms with van der Waals surface area (Å²) in [6.07, 6.45) is 5.16. The number of imide groups is 1. The Bertz CT molecular complexity index is 923. The predicted molar refractivity (Wildman–Crippen MR) is 122 cm³/mol. The molecule has 0 aromatic heterocycles. The van der Waals surface area contributed by atoms with Gasteiger partial charge in [-0.2, -0.15) is 0 Å². The van der Waals surface area contributed by atoms with E-state index >= 15 is 0 Å². The molecule has 0 spiro atoms. The fraction of sp³-hybridized carbons (Fsp3) is 0.500. The van der Waals surface area contributed by atoms with Crippen molar-refractivity contribution in [2.45, 2.75) is 19.9 Å². The molecule has 2 aliphatic carbocycles. The number of rotatable bonds is 7. The molecule has 3 aliphatic rings. The molecule has 1 saturated carbocycles. The maximum absolute atomic E-state index is 12.8. The fourth-order valence-electron chi connectivity index (χ4n) is 4.99. The van der Waals surface area contributed by atoms with Crippen LogP contribution in [0.1, 0.15) is 29.3 Å². The molecule has 0 radical (unpaired) electrons. The van der Waals surface area contributed by atoms with Gasteiger partial charge in [-0.25, -0.2) is 4.99 Å². The Balaban J connectivity index is 1.31. The molecule has 1 aromatic carbocycles. The van der Waals surface area contributed by atoms with E-state index in [4.69, 9.17) is 0 Å². The van der Waals surface area contributed by atoms with Gasteiger partial charge in [-0.15, -0.1) is 0 Å². The van der Waals surface area contributed by atoms with Crippen molar-refractivity contribution in [3.8, 4) is 0 Å². The first kappa shape index (κ1) is 22.0. The van der Waals surface area contributed by atoms with E-state index in [0.717, 1.165) is 12.0 Å². The molecule has 32 heavy (non-hydrogen) atoms. The molecule has 1 saturated heterocycles. The number of allylic oxidation sites excluding steroid dienone is 2. The van der Waals surface area contributed by atoms with E-state index in [2.05, 4.69) is 27.8 Å². The second-order valence-electron chi connectivity index (χ2n) is 8.85. The Hall–Kier alpha value is -3.16. The van der Waals surface area contributed by atoms with Crippen LogP contribution in [-0.4, -0.2) is 67.2 Å². The number of fused-ring (bicyclic) bond motifs is 5. The smallest absolute Gasteiger partial charge is 0.253 e. The van der Waals surface area contributed by atoms with Gasteiger partial charge in [0.05, 0.1) is 18.4 Å². The lowest BCUT2D eigenvalue weighted by Gasteiger charge is -2.18. The van der Waals surface area contributed by atoms with Crippen LogP contribution in [0.25, 0.3) is 0 Å². The van der Waals surface area contributed by atoms with E-state index in [1.165, 1.54) is 4.90 Å². The molecule has 4 atom stereocenters. The maximum atomic E-state index is 12.8. The monoisotopic (exact) mass is 437 g/mol. The highest BCUT2D eigenvalue weighted by Crippen LogP contribution is 2.52. The van der Waals surface area contributed by atoms with Gasteiger partial charge >= 0.3 is 0 Å². The number of hydrogen-bond acceptors (Lipinski definition) is 4. The van der Waals surface area contributed by atoms with Gasteiger partial charge in [0.1, 0.15) is 0 Å². The summed E-state index contributed by atoms with van der Waals surface area (Å²) in [5.74, 6) is 0.718. The van der Waals surface area contributed by atoms with Gasteiger partial charge in [-0.3, -0.25) is 19.3 Å². The number of hydrogen-bond donors (Lipinski definition) is 2. The standard InChI is InChI=1S/C24H31N5O3/c1-4-25-24(27-14-15-5-7-16(8-6-15)21(30)28(2)3)26-11-12-29-22(31)19-17-9-10-18(13-17)20(19)23(29)32/h5-10,17-20H,4,11-14H2,1-3H3,(H2,25,26,27). The van der Waals surface area contributed by atoms with E-state index in [9.17, 15) is 14.4 Å². The number of guanidine groups is 1. The van der Waals surface area contributed by atoms with Crippen LogP contribution in [0.5, 0.6) is 0 Å². The first-order valence-electron chi connectivity index (χ1n) is 11.3. The first-order chi connectivity index (χ1) is 15.4. The van der Waals surface area contributed by atoms with Crippen LogP contribution >= 0.6 is 0 Å². The van der Waals surface area contributed by atoms with E-state index in [1.807, 2.05) is 19.1 Å². The topological polar surface area (TPSA) is 94.1 Å². The molecular weight excluding hydrogens is 406 g/mol. The maximum Gasteiger partial charge on any atom is 0.253 e. The molecule has 8 nitrogen and oxygen atoms in total. The van der Waals surface area contributed by atoms with E-state index in [0.29, 0.717) is 37.7 Å². The molecule has 4 rings (SSSR count). The zero-order valence-electron chi connectivity index (χ0n) is 18.9. The number of likely N-dealkylation sites (tertiary alicyclic amines) is 1. The molecule has 3 amide bonds. The van der Waals surface area contributed by atoms with Gasteiger partial charge in [0.2, 0.25) is 11.8 Å². The molecular formula is C24H31N5O3. The van der Waals surface area contributed by atoms with Crippen molar-refractivity contribution >= 4 is 23.7 Å². The summed E-state index contributed by atoms with van der Waals surface area (Å²) in [4.78, 5) is 45.1. The molecule has 170 valence electrons. The Morgan fingerprint density at radius 3 is 2.25 bits per heavy atom. The summed E-state index contributed by atoms with van der Waals surface area (Å²) < 4.78 is 0. The van der Waals surface area contributed by atoms with Gasteiger partial charge in [0.25, 0.3) is 5.91 Å². The molecule has 4 unspecified atom stereocenters. The summed E-state index contributed by atoms with van der Waals surface area (Å²) in [7, 11) is 3.46. The number of nitrogens with one attached hydrogen (secondary N) is 2. The minimum Gasteiger partial charge on any atom is -0.357 e. The van der Waals surface area contributed by atoms with E-state index in [-0.39, 0.29) is 41.4 Å². The molecule has 2 bridgehead atoms. The highest BCUT2D eigenvalue weighted by atomic mass is 16.2. The van der Waals surface area contributed by atoms with E-state index in [1.54, 1.807) is 31.1 Å². The molecule has 1 aromatic rings. The summed E-state index contributed by atoms with van der Waals surface area (Å²) in [6, 6.07) is 7.40. The first-order valence-corrected chi connectivity index (χ1v) is 11.3. The molecule has 1 heterocycles. The largest absolute Gasteiger partial charge is 0.357 e. The Morgan fingerprint density at radius 2 is 1.69 bits per heavy atom. The van der Waals surface area contributed by atoms with Gasteiger partial charge in [0.15, 0.2) is 5.96 Å². The van der Waals surface area contributed by atoms with E-state index < -0.39 is 0 Å². The molecule has 2 fully saturated rings. The SMILES string of the molecule is CCNC(=NCc1ccc(C(=O)N(C)C)cc1)NCCN1C(=O)C2C3C=CC(C3)C2C1=O. The third kappa shape index (κ3) is 4.13. The van der Waals surface area contributed by atoms with Gasteiger partial charge in [-0.05, 0) is 42.9 Å². The predicted octanol–water partition coefficient (Wildman–Crippen LogP) is 1.25. The summed E-state index contributed by atoms with van der Waals surface area (Å²) >= 11 is 0. The van der Waals surface area contributed by atoms with Crippen molar-refractivity contribution in [3.05, 3.63) is 47.5 Å². The number of carbonyl (C=O) groups is 3. The van der Waals surface area contributed by atoms with Crippen LogP contribution in [0.3, 0.4) is 0 Å². The van der Waals surface area contributed by atoms with Gasteiger partial charge < -0.3 is 15.5 Å². The highest BCUT2D eigenvalue weighted by Gasteiger charge is 2.58. The van der Waals surface area contributed by atoms with Crippen LogP contribution < -0.4 is 10.6 Å². The molecule has 8 heteroatoms. The molecule has 2 N–H and O–H groups in total. The van der Waals surface area contributed by atoms with Crippen LogP contribution in [0, 0.1) is 23.7 Å². The highest BCUT2D eigenvalue weighted by molar-refractivity contribution is 6.06. The van der Waals surface area contributed by atoms with Crippen molar-refractivity contribution in [2.24, 2.45) is 28.7 Å². The van der Waals surface area contributed by atoms with Crippen molar-refractivity contribution in [1.29, 1.82) is 0 Å². The van der Waals surface area contributed by atoms with Crippen molar-refractivity contribution in [2.75, 3.05) is 33.7 Å². The number of amides is 3. The zero-order valence-corrected chi connectivity index (χ0v) is 18.9. The summed E-state index contributed by atoms with van der Waals surface area (Å²) in [5.41, 5.74) is 1.62. The number of nitrogens with zero attached hydrogens (tertiary/aromatic N) is 3. The van der Waals surface area contributed by atoms with Crippen molar-refractivity contribution in [1.82, 2.24) is 20.4 Å². The number of aliphatic imine (C=N–C) groups is 1. The number of benzene rings is 1. The number of carbonyl (C=O) groups excluding carboxylic acids is 3. The van der Waals surface area contributed by atoms with Crippen molar-refractivity contribution in [3.63, 3.8) is 0 Å². The lowest BCUT2D eigenvalue weighted by molar-refractivity contribution is -0.140. The minimum absolute atomic E-state index is 0.0204.